The van der Waals surface area contributed by atoms with E-state index in [4.69, 9.17) is 0 Å². The van der Waals surface area contributed by atoms with E-state index in [1.807, 2.05) is 30.5 Å². The van der Waals surface area contributed by atoms with Crippen LogP contribution in [0.2, 0.25) is 0 Å². The summed E-state index contributed by atoms with van der Waals surface area (Å²) in [4.78, 5) is 13.4. The van der Waals surface area contributed by atoms with Crippen molar-refractivity contribution in [2.75, 3.05) is 0 Å². The molecule has 0 unspecified atom stereocenters. The molecule has 3 heteroatoms. The van der Waals surface area contributed by atoms with Gasteiger partial charge in [-0.3, -0.25) is 15.0 Å². The van der Waals surface area contributed by atoms with E-state index in [-0.39, 0.29) is 0 Å². The van der Waals surface area contributed by atoms with Gasteiger partial charge in [0, 0.05) is 34.7 Å². The third kappa shape index (κ3) is 1.16. The second-order valence-corrected chi connectivity index (χ2v) is 4.20. The maximum Gasteiger partial charge on any atom is 0.0986 e. The van der Waals surface area contributed by atoms with Gasteiger partial charge in [0.05, 0.1) is 16.6 Å². The predicted molar refractivity (Wildman–Crippen MR) is 72.3 cm³/mol. The van der Waals surface area contributed by atoms with Gasteiger partial charge in [0.2, 0.25) is 0 Å². The van der Waals surface area contributed by atoms with Gasteiger partial charge >= 0.3 is 0 Å². The first kappa shape index (κ1) is 9.48. The lowest BCUT2D eigenvalue weighted by molar-refractivity contribution is 1.37. The monoisotopic (exact) mass is 231 g/mol. The highest BCUT2D eigenvalue weighted by Gasteiger charge is 2.09. The number of pyridine rings is 3. The molecule has 0 radical (unpaired) electrons. The predicted octanol–water partition coefficient (Wildman–Crippen LogP) is 3.33. The molecule has 3 aromatic heterocycles. The van der Waals surface area contributed by atoms with Crippen molar-refractivity contribution < 1.29 is 0 Å². The largest absolute Gasteiger partial charge is 0.256 e. The van der Waals surface area contributed by atoms with Crippen LogP contribution < -0.4 is 0 Å². The first-order valence-electron chi connectivity index (χ1n) is 5.81. The first-order chi connectivity index (χ1) is 8.95. The number of rotatable bonds is 0. The Labute approximate surface area is 103 Å². The Morgan fingerprint density at radius 1 is 0.500 bits per heavy atom. The van der Waals surface area contributed by atoms with E-state index in [0.29, 0.717) is 0 Å². The Bertz CT molecular complexity index is 663. The Hall–Kier alpha value is -2.55. The Kier molecular flexibility index (Phi) is 1.83. The number of hydrogen-bond acceptors (Lipinski definition) is 3. The summed E-state index contributed by atoms with van der Waals surface area (Å²) < 4.78 is 0. The zero-order valence-electron chi connectivity index (χ0n) is 9.54. The molecule has 1 aromatic carbocycles. The zero-order valence-corrected chi connectivity index (χ0v) is 9.54. The van der Waals surface area contributed by atoms with E-state index >= 15 is 0 Å². The molecule has 4 rings (SSSR count). The molecular weight excluding hydrogens is 222 g/mol. The number of nitrogens with zero attached hydrogens (tertiary/aromatic N) is 3. The highest BCUT2D eigenvalue weighted by atomic mass is 14.7. The van der Waals surface area contributed by atoms with Crippen molar-refractivity contribution in [2.24, 2.45) is 0 Å². The van der Waals surface area contributed by atoms with Gasteiger partial charge in [-0.15, -0.1) is 0 Å². The number of benzene rings is 1. The van der Waals surface area contributed by atoms with Crippen LogP contribution in [0.15, 0.2) is 55.0 Å². The summed E-state index contributed by atoms with van der Waals surface area (Å²) in [6, 6.07) is 12.0. The standard InChI is InChI=1S/C15H9N3/c1-4-10-11-5-2-8-17-14(11)15-12(6-3-9-18-15)13(10)16-7-1/h1-9H. The fourth-order valence-electron chi connectivity index (χ4n) is 2.43. The lowest BCUT2D eigenvalue weighted by Gasteiger charge is -2.06. The minimum atomic E-state index is 0.916. The molecule has 4 aromatic rings. The maximum atomic E-state index is 4.49. The lowest BCUT2D eigenvalue weighted by atomic mass is 10.0. The van der Waals surface area contributed by atoms with Crippen LogP contribution in [-0.4, -0.2) is 15.0 Å². The maximum absolute atomic E-state index is 4.49. The summed E-state index contributed by atoms with van der Waals surface area (Å²) in [5, 5.41) is 3.28. The van der Waals surface area contributed by atoms with Gasteiger partial charge in [-0.1, -0.05) is 12.1 Å². The number of aromatic nitrogens is 3. The summed E-state index contributed by atoms with van der Waals surface area (Å²) in [5.41, 5.74) is 2.84. The molecule has 18 heavy (non-hydrogen) atoms. The second-order valence-electron chi connectivity index (χ2n) is 4.20. The average Bonchev–Trinajstić information content (AvgIpc) is 2.48. The highest BCUT2D eigenvalue weighted by Crippen LogP contribution is 2.30. The molecule has 0 aliphatic heterocycles. The minimum absolute atomic E-state index is 0.916. The molecule has 0 bridgehead atoms. The fraction of sp³-hybridized carbons (Fsp3) is 0. The molecule has 3 heterocycles. The molecule has 0 saturated heterocycles. The lowest BCUT2D eigenvalue weighted by Crippen LogP contribution is -1.88. The molecule has 0 aliphatic rings. The van der Waals surface area contributed by atoms with E-state index in [0.717, 1.165) is 32.7 Å². The highest BCUT2D eigenvalue weighted by molar-refractivity contribution is 6.21. The second kappa shape index (κ2) is 3.47. The zero-order chi connectivity index (χ0) is 11.9. The van der Waals surface area contributed by atoms with Crippen molar-refractivity contribution in [1.29, 1.82) is 0 Å². The summed E-state index contributed by atoms with van der Waals surface area (Å²) in [5.74, 6) is 0. The van der Waals surface area contributed by atoms with Crippen LogP contribution in [0, 0.1) is 0 Å². The van der Waals surface area contributed by atoms with Gasteiger partial charge in [0.1, 0.15) is 0 Å². The molecule has 0 fully saturated rings. The fourth-order valence-corrected chi connectivity index (χ4v) is 2.43. The summed E-state index contributed by atoms with van der Waals surface area (Å²) in [6.45, 7) is 0. The van der Waals surface area contributed by atoms with E-state index in [2.05, 4.69) is 27.1 Å². The Morgan fingerprint density at radius 2 is 0.944 bits per heavy atom. The molecule has 0 amide bonds. The van der Waals surface area contributed by atoms with Crippen LogP contribution in [0.25, 0.3) is 32.7 Å². The van der Waals surface area contributed by atoms with Gasteiger partial charge in [0.15, 0.2) is 0 Å². The van der Waals surface area contributed by atoms with E-state index in [9.17, 15) is 0 Å². The molecule has 0 spiro atoms. The smallest absolute Gasteiger partial charge is 0.0986 e. The van der Waals surface area contributed by atoms with Crippen LogP contribution in [0.4, 0.5) is 0 Å². The summed E-state index contributed by atoms with van der Waals surface area (Å²) in [7, 11) is 0. The first-order valence-corrected chi connectivity index (χ1v) is 5.81. The van der Waals surface area contributed by atoms with Gasteiger partial charge in [-0.05, 0) is 24.3 Å². The van der Waals surface area contributed by atoms with Crippen molar-refractivity contribution in [1.82, 2.24) is 15.0 Å². The van der Waals surface area contributed by atoms with E-state index in [1.54, 1.807) is 12.4 Å². The minimum Gasteiger partial charge on any atom is -0.256 e. The third-order valence-electron chi connectivity index (χ3n) is 3.19. The SMILES string of the molecule is c1cnc2c(c1)c1cccnc1c1ncccc21. The van der Waals surface area contributed by atoms with Crippen molar-refractivity contribution in [3.8, 4) is 0 Å². The van der Waals surface area contributed by atoms with E-state index < -0.39 is 0 Å². The molecule has 0 aliphatic carbocycles. The molecule has 0 atom stereocenters. The van der Waals surface area contributed by atoms with Crippen molar-refractivity contribution in [3.05, 3.63) is 55.0 Å². The van der Waals surface area contributed by atoms with Gasteiger partial charge in [-0.2, -0.15) is 0 Å². The van der Waals surface area contributed by atoms with Gasteiger partial charge in [-0.25, -0.2) is 0 Å². The Morgan fingerprint density at radius 3 is 1.61 bits per heavy atom. The van der Waals surface area contributed by atoms with E-state index in [1.165, 1.54) is 0 Å². The van der Waals surface area contributed by atoms with Crippen LogP contribution in [-0.2, 0) is 0 Å². The molecular formula is C15H9N3. The normalized spacial score (nSPS) is 11.3. The topological polar surface area (TPSA) is 38.7 Å². The van der Waals surface area contributed by atoms with Crippen molar-refractivity contribution in [2.45, 2.75) is 0 Å². The number of fused-ring (bicyclic) bond motifs is 6. The van der Waals surface area contributed by atoms with Crippen LogP contribution in [0.5, 0.6) is 0 Å². The van der Waals surface area contributed by atoms with Gasteiger partial charge in [0.25, 0.3) is 0 Å². The summed E-state index contributed by atoms with van der Waals surface area (Å²) in [6.07, 6.45) is 5.42. The Balaban J connectivity index is 2.46. The molecule has 0 saturated carbocycles. The summed E-state index contributed by atoms with van der Waals surface area (Å²) >= 11 is 0. The molecule has 0 N–H and O–H groups in total. The molecule has 84 valence electrons. The van der Waals surface area contributed by atoms with Gasteiger partial charge < -0.3 is 0 Å². The average molecular weight is 231 g/mol. The third-order valence-corrected chi connectivity index (χ3v) is 3.19. The number of hydrogen-bond donors (Lipinski definition) is 0. The van der Waals surface area contributed by atoms with Crippen molar-refractivity contribution in [3.63, 3.8) is 0 Å². The van der Waals surface area contributed by atoms with Crippen LogP contribution >= 0.6 is 0 Å². The van der Waals surface area contributed by atoms with Crippen LogP contribution in [0.3, 0.4) is 0 Å². The molecule has 3 nitrogen and oxygen atoms in total. The van der Waals surface area contributed by atoms with Crippen molar-refractivity contribution >= 4 is 32.7 Å². The quantitative estimate of drug-likeness (QED) is 0.436. The van der Waals surface area contributed by atoms with Crippen LogP contribution in [0.1, 0.15) is 0 Å².